The highest BCUT2D eigenvalue weighted by Crippen LogP contribution is 2.26. The minimum Gasteiger partial charge on any atom is -0.476 e. The molecule has 7 heteroatoms. The van der Waals surface area contributed by atoms with E-state index in [9.17, 15) is 4.79 Å². The molecule has 0 bridgehead atoms. The molecule has 0 aliphatic carbocycles. The lowest BCUT2D eigenvalue weighted by Gasteiger charge is -2.19. The molecule has 7 nitrogen and oxygen atoms in total. The first-order chi connectivity index (χ1) is 9.22. The molecule has 2 heterocycles. The van der Waals surface area contributed by atoms with Gasteiger partial charge in [0.1, 0.15) is 6.61 Å². The smallest absolute Gasteiger partial charge is 0.356 e. The highest BCUT2D eigenvalue weighted by molar-refractivity contribution is 5.85. The van der Waals surface area contributed by atoms with Gasteiger partial charge in [-0.1, -0.05) is 0 Å². The van der Waals surface area contributed by atoms with E-state index in [0.29, 0.717) is 19.0 Å². The minimum atomic E-state index is -1.11. The van der Waals surface area contributed by atoms with Gasteiger partial charge in [0.05, 0.1) is 12.8 Å². The summed E-state index contributed by atoms with van der Waals surface area (Å²) >= 11 is 0. The summed E-state index contributed by atoms with van der Waals surface area (Å²) in [6.45, 7) is 2.51. The van der Waals surface area contributed by atoms with E-state index < -0.39 is 5.97 Å². The number of carboxylic acids is 1. The van der Waals surface area contributed by atoms with Crippen molar-refractivity contribution in [2.24, 2.45) is 0 Å². The van der Waals surface area contributed by atoms with E-state index in [4.69, 9.17) is 14.6 Å². The number of hydrogen-bond donors (Lipinski definition) is 1. The number of rotatable bonds is 6. The van der Waals surface area contributed by atoms with Crippen LogP contribution in [0, 0.1) is 0 Å². The van der Waals surface area contributed by atoms with Crippen molar-refractivity contribution in [2.75, 3.05) is 38.3 Å². The van der Waals surface area contributed by atoms with E-state index in [1.165, 1.54) is 6.20 Å². The summed E-state index contributed by atoms with van der Waals surface area (Å²) in [6, 6.07) is 0. The van der Waals surface area contributed by atoms with Crippen molar-refractivity contribution in [1.82, 2.24) is 9.97 Å². The quantitative estimate of drug-likeness (QED) is 0.763. The van der Waals surface area contributed by atoms with Gasteiger partial charge >= 0.3 is 5.97 Å². The average molecular weight is 267 g/mol. The van der Waals surface area contributed by atoms with Crippen molar-refractivity contribution in [3.63, 3.8) is 0 Å². The van der Waals surface area contributed by atoms with Gasteiger partial charge < -0.3 is 19.5 Å². The van der Waals surface area contributed by atoms with Crippen molar-refractivity contribution in [3.8, 4) is 5.88 Å². The molecule has 0 radical (unpaired) electrons. The fraction of sp³-hybridized carbons (Fsp3) is 0.583. The lowest BCUT2D eigenvalue weighted by atomic mass is 10.4. The van der Waals surface area contributed by atoms with Gasteiger partial charge in [-0.05, 0) is 12.8 Å². The zero-order chi connectivity index (χ0) is 13.7. The van der Waals surface area contributed by atoms with Crippen LogP contribution in [-0.4, -0.2) is 54.5 Å². The largest absolute Gasteiger partial charge is 0.476 e. The summed E-state index contributed by atoms with van der Waals surface area (Å²) < 4.78 is 10.4. The minimum absolute atomic E-state index is 0.115. The van der Waals surface area contributed by atoms with Crippen LogP contribution in [0.4, 0.5) is 5.82 Å². The SMILES string of the molecule is COCCOc1nc(C(=O)O)cnc1N1CCCC1. The van der Waals surface area contributed by atoms with Gasteiger partial charge in [0, 0.05) is 20.2 Å². The van der Waals surface area contributed by atoms with Crippen LogP contribution < -0.4 is 9.64 Å². The molecule has 0 saturated carbocycles. The summed E-state index contributed by atoms with van der Waals surface area (Å²) in [5, 5.41) is 8.94. The van der Waals surface area contributed by atoms with Crippen LogP contribution in [0.15, 0.2) is 6.20 Å². The number of aromatic carboxylic acids is 1. The molecule has 1 aromatic heterocycles. The molecule has 1 aromatic rings. The maximum absolute atomic E-state index is 10.9. The fourth-order valence-electron chi connectivity index (χ4n) is 1.93. The second-order valence-electron chi connectivity index (χ2n) is 4.22. The third kappa shape index (κ3) is 3.31. The molecule has 0 atom stereocenters. The predicted octanol–water partition coefficient (Wildman–Crippen LogP) is 0.800. The number of hydrogen-bond acceptors (Lipinski definition) is 6. The van der Waals surface area contributed by atoms with Crippen molar-refractivity contribution in [1.29, 1.82) is 0 Å². The Balaban J connectivity index is 2.21. The second kappa shape index (κ2) is 6.33. The molecule has 19 heavy (non-hydrogen) atoms. The standard InChI is InChI=1S/C12H17N3O4/c1-18-6-7-19-11-10(15-4-2-3-5-15)13-8-9(14-11)12(16)17/h8H,2-7H2,1H3,(H,16,17). The van der Waals surface area contributed by atoms with Crippen molar-refractivity contribution >= 4 is 11.8 Å². The first-order valence-corrected chi connectivity index (χ1v) is 6.19. The molecular formula is C12H17N3O4. The topological polar surface area (TPSA) is 84.8 Å². The Morgan fingerprint density at radius 3 is 2.79 bits per heavy atom. The van der Waals surface area contributed by atoms with Crippen LogP contribution in [0.5, 0.6) is 5.88 Å². The fourth-order valence-corrected chi connectivity index (χ4v) is 1.93. The van der Waals surface area contributed by atoms with Gasteiger partial charge in [-0.15, -0.1) is 0 Å². The van der Waals surface area contributed by atoms with E-state index in [1.807, 2.05) is 0 Å². The molecule has 1 aliphatic heterocycles. The Bertz CT molecular complexity index is 447. The van der Waals surface area contributed by atoms with Crippen LogP contribution in [0.25, 0.3) is 0 Å². The van der Waals surface area contributed by atoms with Crippen LogP contribution >= 0.6 is 0 Å². The van der Waals surface area contributed by atoms with Gasteiger partial charge in [0.15, 0.2) is 11.5 Å². The maximum Gasteiger partial charge on any atom is 0.356 e. The lowest BCUT2D eigenvalue weighted by Crippen LogP contribution is -2.22. The first kappa shape index (κ1) is 13.5. The van der Waals surface area contributed by atoms with Crippen molar-refractivity contribution in [2.45, 2.75) is 12.8 Å². The maximum atomic E-state index is 10.9. The molecule has 1 aliphatic rings. The molecule has 1 saturated heterocycles. The Hall–Kier alpha value is -1.89. The third-order valence-electron chi connectivity index (χ3n) is 2.87. The zero-order valence-corrected chi connectivity index (χ0v) is 10.8. The number of carbonyl (C=O) groups is 1. The molecule has 1 N–H and O–H groups in total. The summed E-state index contributed by atoms with van der Waals surface area (Å²) in [5.41, 5.74) is -0.115. The third-order valence-corrected chi connectivity index (χ3v) is 2.87. The number of methoxy groups -OCH3 is 1. The summed E-state index contributed by atoms with van der Waals surface area (Å²) in [7, 11) is 1.57. The van der Waals surface area contributed by atoms with E-state index in [1.54, 1.807) is 7.11 Å². The number of nitrogens with zero attached hydrogens (tertiary/aromatic N) is 3. The normalized spacial score (nSPS) is 14.7. The molecule has 0 unspecified atom stereocenters. The predicted molar refractivity (Wildman–Crippen MR) is 67.8 cm³/mol. The molecule has 0 spiro atoms. The summed E-state index contributed by atoms with van der Waals surface area (Å²) in [5.74, 6) is -0.241. The van der Waals surface area contributed by atoms with Crippen LogP contribution in [0.3, 0.4) is 0 Å². The number of carboxylic acid groups (broad SMARTS) is 1. The lowest BCUT2D eigenvalue weighted by molar-refractivity contribution is 0.0688. The van der Waals surface area contributed by atoms with Crippen molar-refractivity contribution < 1.29 is 19.4 Å². The van der Waals surface area contributed by atoms with Crippen LogP contribution in [0.2, 0.25) is 0 Å². The Kier molecular flexibility index (Phi) is 4.51. The number of anilines is 1. The molecule has 1 fully saturated rings. The van der Waals surface area contributed by atoms with Gasteiger partial charge in [-0.3, -0.25) is 0 Å². The Labute approximate surface area is 111 Å². The number of aromatic nitrogens is 2. The zero-order valence-electron chi connectivity index (χ0n) is 10.8. The highest BCUT2D eigenvalue weighted by Gasteiger charge is 2.21. The summed E-state index contributed by atoms with van der Waals surface area (Å²) in [6.07, 6.45) is 3.46. The van der Waals surface area contributed by atoms with Gasteiger partial charge in [0.2, 0.25) is 0 Å². The molecule has 2 rings (SSSR count). The highest BCUT2D eigenvalue weighted by atomic mass is 16.5. The molecular weight excluding hydrogens is 250 g/mol. The Morgan fingerprint density at radius 1 is 1.42 bits per heavy atom. The van der Waals surface area contributed by atoms with E-state index in [-0.39, 0.29) is 11.6 Å². The first-order valence-electron chi connectivity index (χ1n) is 6.19. The van der Waals surface area contributed by atoms with Crippen molar-refractivity contribution in [3.05, 3.63) is 11.9 Å². The van der Waals surface area contributed by atoms with E-state index >= 15 is 0 Å². The monoisotopic (exact) mass is 267 g/mol. The Morgan fingerprint density at radius 2 is 2.16 bits per heavy atom. The molecule has 0 aromatic carbocycles. The van der Waals surface area contributed by atoms with E-state index in [0.717, 1.165) is 25.9 Å². The average Bonchev–Trinajstić information content (AvgIpc) is 2.92. The van der Waals surface area contributed by atoms with Gasteiger partial charge in [-0.25, -0.2) is 14.8 Å². The summed E-state index contributed by atoms with van der Waals surface area (Å²) in [4.78, 5) is 21.2. The van der Waals surface area contributed by atoms with Gasteiger partial charge in [0.25, 0.3) is 5.88 Å². The van der Waals surface area contributed by atoms with E-state index in [2.05, 4.69) is 14.9 Å². The molecule has 0 amide bonds. The van der Waals surface area contributed by atoms with Gasteiger partial charge in [-0.2, -0.15) is 0 Å². The number of ether oxygens (including phenoxy) is 2. The molecule has 104 valence electrons. The second-order valence-corrected chi connectivity index (χ2v) is 4.22. The van der Waals surface area contributed by atoms with Crippen LogP contribution in [0.1, 0.15) is 23.3 Å². The van der Waals surface area contributed by atoms with Crippen LogP contribution in [-0.2, 0) is 4.74 Å².